The number of thiol groups is 1. The molecule has 2 rings (SSSR count). The molecule has 1 aliphatic rings. The Morgan fingerprint density at radius 2 is 2.06 bits per heavy atom. The zero-order chi connectivity index (χ0) is 11.2. The quantitative estimate of drug-likeness (QED) is 0.474. The van der Waals surface area contributed by atoms with Crippen LogP contribution in [0.1, 0.15) is 17.5 Å². The van der Waals surface area contributed by atoms with Gasteiger partial charge in [0.25, 0.3) is 0 Å². The van der Waals surface area contributed by atoms with Crippen molar-refractivity contribution < 1.29 is 4.74 Å². The molecule has 0 heterocycles. The van der Waals surface area contributed by atoms with E-state index >= 15 is 0 Å². The van der Waals surface area contributed by atoms with Gasteiger partial charge in [0.15, 0.2) is 0 Å². The molecule has 0 N–H and O–H groups in total. The molecule has 0 saturated carbocycles. The van der Waals surface area contributed by atoms with Crippen LogP contribution in [-0.4, -0.2) is 24.7 Å². The molecule has 0 saturated heterocycles. The van der Waals surface area contributed by atoms with Crippen molar-refractivity contribution in [2.45, 2.75) is 24.2 Å². The van der Waals surface area contributed by atoms with Crippen molar-refractivity contribution in [3.8, 4) is 0 Å². The fourth-order valence-corrected chi connectivity index (χ4v) is 2.98. The topological polar surface area (TPSA) is 9.23 Å². The minimum absolute atomic E-state index is 0.758. The Hall–Kier alpha value is -0.120. The summed E-state index contributed by atoms with van der Waals surface area (Å²) in [5.74, 6) is 1.84. The summed E-state index contributed by atoms with van der Waals surface area (Å²) in [6.07, 6.45) is 3.86. The number of fused-ring (bicyclic) bond motifs is 1. The number of ether oxygens (including phenoxy) is 1. The van der Waals surface area contributed by atoms with E-state index in [1.165, 1.54) is 24.2 Å². The number of thioether (sulfide) groups is 1. The highest BCUT2D eigenvalue weighted by molar-refractivity contribution is 7.99. The molecule has 0 unspecified atom stereocenters. The van der Waals surface area contributed by atoms with Gasteiger partial charge in [0.05, 0.1) is 13.2 Å². The lowest BCUT2D eigenvalue weighted by atomic mass is 10.1. The van der Waals surface area contributed by atoms with Crippen LogP contribution in [0.3, 0.4) is 0 Å². The van der Waals surface area contributed by atoms with Gasteiger partial charge in [0, 0.05) is 16.4 Å². The summed E-state index contributed by atoms with van der Waals surface area (Å²) >= 11 is 5.99. The fraction of sp³-hybridized carbons (Fsp3) is 0.538. The number of hydrogen-bond donors (Lipinski definition) is 1. The molecule has 1 nitrogen and oxygen atoms in total. The van der Waals surface area contributed by atoms with Gasteiger partial charge in [-0.2, -0.15) is 12.6 Å². The van der Waals surface area contributed by atoms with Crippen molar-refractivity contribution in [3.05, 3.63) is 29.3 Å². The van der Waals surface area contributed by atoms with E-state index in [1.54, 1.807) is 11.1 Å². The largest absolute Gasteiger partial charge is 0.380 e. The molecular formula is C13H18OS2. The van der Waals surface area contributed by atoms with Crippen LogP contribution in [0.15, 0.2) is 23.1 Å². The molecule has 0 aliphatic heterocycles. The maximum atomic E-state index is 5.40. The maximum absolute atomic E-state index is 5.40. The van der Waals surface area contributed by atoms with Crippen LogP contribution in [-0.2, 0) is 17.6 Å². The van der Waals surface area contributed by atoms with Crippen LogP contribution in [0, 0.1) is 0 Å². The van der Waals surface area contributed by atoms with Crippen molar-refractivity contribution >= 4 is 24.4 Å². The van der Waals surface area contributed by atoms with E-state index < -0.39 is 0 Å². The van der Waals surface area contributed by atoms with Crippen molar-refractivity contribution in [3.63, 3.8) is 0 Å². The van der Waals surface area contributed by atoms with E-state index in [0.29, 0.717) is 0 Å². The standard InChI is InChI=1S/C13H18OS2/c15-8-6-14-7-9-16-13-5-4-11-2-1-3-12(11)10-13/h4-5,10,15H,1-3,6-9H2. The first kappa shape index (κ1) is 12.3. The molecule has 0 spiro atoms. The average Bonchev–Trinajstić information content (AvgIpc) is 2.76. The predicted molar refractivity (Wildman–Crippen MR) is 73.9 cm³/mol. The lowest BCUT2D eigenvalue weighted by Crippen LogP contribution is -1.99. The van der Waals surface area contributed by atoms with Gasteiger partial charge in [-0.25, -0.2) is 0 Å². The van der Waals surface area contributed by atoms with E-state index in [9.17, 15) is 0 Å². The molecule has 0 bridgehead atoms. The van der Waals surface area contributed by atoms with Crippen LogP contribution in [0.5, 0.6) is 0 Å². The summed E-state index contributed by atoms with van der Waals surface area (Å²) < 4.78 is 5.40. The second kappa shape index (κ2) is 6.58. The number of aryl methyl sites for hydroxylation is 2. The molecule has 1 aliphatic carbocycles. The highest BCUT2D eigenvalue weighted by Gasteiger charge is 2.10. The third kappa shape index (κ3) is 3.44. The molecule has 0 fully saturated rings. The maximum Gasteiger partial charge on any atom is 0.0560 e. The summed E-state index contributed by atoms with van der Waals surface area (Å²) in [6.45, 7) is 1.58. The Balaban J connectivity index is 1.77. The normalized spacial score (nSPS) is 14.1. The molecule has 16 heavy (non-hydrogen) atoms. The highest BCUT2D eigenvalue weighted by Crippen LogP contribution is 2.27. The molecule has 1 aromatic rings. The Kier molecular flexibility index (Phi) is 5.07. The zero-order valence-electron chi connectivity index (χ0n) is 9.45. The van der Waals surface area contributed by atoms with Gasteiger partial charge >= 0.3 is 0 Å². The first-order chi connectivity index (χ1) is 7.90. The molecule has 0 radical (unpaired) electrons. The second-order valence-electron chi connectivity index (χ2n) is 3.97. The van der Waals surface area contributed by atoms with Crippen molar-refractivity contribution in [2.75, 3.05) is 24.7 Å². The van der Waals surface area contributed by atoms with Crippen LogP contribution in [0.4, 0.5) is 0 Å². The van der Waals surface area contributed by atoms with Gasteiger partial charge in [-0.1, -0.05) is 6.07 Å². The predicted octanol–water partition coefficient (Wildman–Crippen LogP) is 3.21. The molecular weight excluding hydrogens is 236 g/mol. The van der Waals surface area contributed by atoms with Crippen molar-refractivity contribution in [1.82, 2.24) is 0 Å². The van der Waals surface area contributed by atoms with Crippen molar-refractivity contribution in [1.29, 1.82) is 0 Å². The van der Waals surface area contributed by atoms with Crippen molar-refractivity contribution in [2.24, 2.45) is 0 Å². The van der Waals surface area contributed by atoms with Crippen LogP contribution >= 0.6 is 24.4 Å². The number of hydrogen-bond acceptors (Lipinski definition) is 3. The van der Waals surface area contributed by atoms with Gasteiger partial charge < -0.3 is 4.74 Å². The summed E-state index contributed by atoms with van der Waals surface area (Å²) in [6, 6.07) is 6.89. The summed E-state index contributed by atoms with van der Waals surface area (Å²) in [7, 11) is 0. The third-order valence-corrected chi connectivity index (χ3v) is 3.94. The smallest absolute Gasteiger partial charge is 0.0560 e. The van der Waals surface area contributed by atoms with Gasteiger partial charge in [0.2, 0.25) is 0 Å². The number of rotatable bonds is 6. The monoisotopic (exact) mass is 254 g/mol. The Bertz CT molecular complexity index is 339. The van der Waals surface area contributed by atoms with Gasteiger partial charge in [0.1, 0.15) is 0 Å². The van der Waals surface area contributed by atoms with E-state index in [-0.39, 0.29) is 0 Å². The Morgan fingerprint density at radius 3 is 2.94 bits per heavy atom. The molecule has 0 atom stereocenters. The minimum atomic E-state index is 0.758. The zero-order valence-corrected chi connectivity index (χ0v) is 11.2. The van der Waals surface area contributed by atoms with Gasteiger partial charge in [-0.3, -0.25) is 0 Å². The minimum Gasteiger partial charge on any atom is -0.380 e. The van der Waals surface area contributed by atoms with Gasteiger partial charge in [-0.05, 0) is 42.5 Å². The van der Waals surface area contributed by atoms with E-state index in [2.05, 4.69) is 30.8 Å². The molecule has 1 aromatic carbocycles. The summed E-state index contributed by atoms with van der Waals surface area (Å²) in [5.41, 5.74) is 3.11. The van der Waals surface area contributed by atoms with E-state index in [0.717, 1.165) is 24.7 Å². The lowest BCUT2D eigenvalue weighted by molar-refractivity contribution is 0.167. The molecule has 3 heteroatoms. The molecule has 0 amide bonds. The lowest BCUT2D eigenvalue weighted by Gasteiger charge is -2.05. The Labute approximate surface area is 107 Å². The Morgan fingerprint density at radius 1 is 1.19 bits per heavy atom. The van der Waals surface area contributed by atoms with Crippen LogP contribution < -0.4 is 0 Å². The molecule has 0 aromatic heterocycles. The summed E-state index contributed by atoms with van der Waals surface area (Å²) in [5, 5.41) is 0. The van der Waals surface area contributed by atoms with Crippen LogP contribution in [0.2, 0.25) is 0 Å². The highest BCUT2D eigenvalue weighted by atomic mass is 32.2. The fourth-order valence-electron chi connectivity index (χ4n) is 2.02. The van der Waals surface area contributed by atoms with E-state index in [1.807, 2.05) is 11.8 Å². The number of benzene rings is 1. The average molecular weight is 254 g/mol. The third-order valence-electron chi connectivity index (χ3n) is 2.80. The van der Waals surface area contributed by atoms with Gasteiger partial charge in [-0.15, -0.1) is 11.8 Å². The SMILES string of the molecule is SCCOCCSc1ccc2c(c1)CCC2. The second-order valence-corrected chi connectivity index (χ2v) is 5.58. The van der Waals surface area contributed by atoms with E-state index in [4.69, 9.17) is 4.74 Å². The molecule has 88 valence electrons. The first-order valence-electron chi connectivity index (χ1n) is 5.83. The first-order valence-corrected chi connectivity index (χ1v) is 7.45. The van der Waals surface area contributed by atoms with Crippen LogP contribution in [0.25, 0.3) is 0 Å². The summed E-state index contributed by atoms with van der Waals surface area (Å²) in [4.78, 5) is 1.38.